The molecule has 0 saturated heterocycles. The molecule has 0 saturated carbocycles. The van der Waals surface area contributed by atoms with Gasteiger partial charge in [0.1, 0.15) is 12.4 Å². The SMILES string of the molecule is CC(=O)Nc1ccc(Br)cc1NC(=O)C=Cc1ccccc1OCc1csc(C)n1. The van der Waals surface area contributed by atoms with Gasteiger partial charge in [-0.1, -0.05) is 34.1 Å². The second-order valence-electron chi connectivity index (χ2n) is 6.38. The zero-order valence-electron chi connectivity index (χ0n) is 16.4. The predicted molar refractivity (Wildman–Crippen MR) is 124 cm³/mol. The molecule has 0 fully saturated rings. The smallest absolute Gasteiger partial charge is 0.248 e. The molecule has 0 aliphatic rings. The molecule has 30 heavy (non-hydrogen) atoms. The van der Waals surface area contributed by atoms with E-state index in [1.807, 2.05) is 36.6 Å². The minimum atomic E-state index is -0.329. The number of nitrogens with zero attached hydrogens (tertiary/aromatic N) is 1. The fraction of sp³-hybridized carbons (Fsp3) is 0.136. The molecular formula is C22H20BrN3O3S. The van der Waals surface area contributed by atoms with Crippen LogP contribution in [0.25, 0.3) is 6.08 Å². The fourth-order valence-electron chi connectivity index (χ4n) is 2.63. The van der Waals surface area contributed by atoms with E-state index in [1.54, 1.807) is 35.6 Å². The number of halogens is 1. The number of hydrogen-bond acceptors (Lipinski definition) is 5. The summed E-state index contributed by atoms with van der Waals surface area (Å²) in [5, 5.41) is 8.44. The summed E-state index contributed by atoms with van der Waals surface area (Å²) in [5.41, 5.74) is 2.66. The third-order valence-corrected chi connectivity index (χ3v) is 5.24. The Morgan fingerprint density at radius 2 is 1.97 bits per heavy atom. The van der Waals surface area contributed by atoms with Gasteiger partial charge >= 0.3 is 0 Å². The quantitative estimate of drug-likeness (QED) is 0.438. The van der Waals surface area contributed by atoms with Crippen LogP contribution in [0.5, 0.6) is 5.75 Å². The third kappa shape index (κ3) is 6.27. The van der Waals surface area contributed by atoms with Crippen LogP contribution < -0.4 is 15.4 Å². The van der Waals surface area contributed by atoms with Crippen LogP contribution in [0.15, 0.2) is 58.4 Å². The Balaban J connectivity index is 1.69. The van der Waals surface area contributed by atoms with E-state index in [0.717, 1.165) is 20.7 Å². The summed E-state index contributed by atoms with van der Waals surface area (Å²) in [4.78, 5) is 28.2. The number of amides is 2. The van der Waals surface area contributed by atoms with Gasteiger partial charge in [-0.2, -0.15) is 0 Å². The van der Waals surface area contributed by atoms with Gasteiger partial charge in [-0.05, 0) is 37.3 Å². The summed E-state index contributed by atoms with van der Waals surface area (Å²) < 4.78 is 6.66. The van der Waals surface area contributed by atoms with E-state index in [0.29, 0.717) is 23.7 Å². The van der Waals surface area contributed by atoms with Crippen LogP contribution in [-0.2, 0) is 16.2 Å². The number of aromatic nitrogens is 1. The number of benzene rings is 2. The summed E-state index contributed by atoms with van der Waals surface area (Å²) in [6, 6.07) is 12.7. The van der Waals surface area contributed by atoms with E-state index < -0.39 is 0 Å². The van der Waals surface area contributed by atoms with Crippen LogP contribution >= 0.6 is 27.3 Å². The minimum absolute atomic E-state index is 0.218. The molecule has 1 heterocycles. The summed E-state index contributed by atoms with van der Waals surface area (Å²) in [7, 11) is 0. The predicted octanol–water partition coefficient (Wildman–Crippen LogP) is 5.40. The van der Waals surface area contributed by atoms with Gasteiger partial charge in [0.15, 0.2) is 0 Å². The first-order chi connectivity index (χ1) is 14.4. The lowest BCUT2D eigenvalue weighted by Gasteiger charge is -2.11. The van der Waals surface area contributed by atoms with Crippen LogP contribution in [0.2, 0.25) is 0 Å². The van der Waals surface area contributed by atoms with Gasteiger partial charge in [0.25, 0.3) is 0 Å². The van der Waals surface area contributed by atoms with Gasteiger partial charge in [-0.25, -0.2) is 4.98 Å². The number of ether oxygens (including phenoxy) is 1. The summed E-state index contributed by atoms with van der Waals surface area (Å²) in [5.74, 6) is 0.114. The number of hydrogen-bond donors (Lipinski definition) is 2. The van der Waals surface area contributed by atoms with Gasteiger partial charge < -0.3 is 15.4 Å². The first-order valence-corrected chi connectivity index (χ1v) is 10.8. The van der Waals surface area contributed by atoms with Crippen molar-refractivity contribution < 1.29 is 14.3 Å². The summed E-state index contributed by atoms with van der Waals surface area (Å²) in [6.07, 6.45) is 3.11. The largest absolute Gasteiger partial charge is 0.487 e. The lowest BCUT2D eigenvalue weighted by molar-refractivity contribution is -0.114. The average Bonchev–Trinajstić information content (AvgIpc) is 3.12. The van der Waals surface area contributed by atoms with E-state index in [2.05, 4.69) is 31.5 Å². The van der Waals surface area contributed by atoms with Gasteiger partial charge in [0.05, 0.1) is 22.1 Å². The second kappa shape index (κ2) is 10.2. The van der Waals surface area contributed by atoms with Crippen molar-refractivity contribution in [1.29, 1.82) is 0 Å². The fourth-order valence-corrected chi connectivity index (χ4v) is 3.59. The molecule has 0 aliphatic heterocycles. The van der Waals surface area contributed by atoms with Crippen LogP contribution in [0.3, 0.4) is 0 Å². The van der Waals surface area contributed by atoms with Gasteiger partial charge in [0.2, 0.25) is 11.8 Å². The van der Waals surface area contributed by atoms with E-state index in [4.69, 9.17) is 4.74 Å². The molecule has 6 nitrogen and oxygen atoms in total. The molecule has 3 rings (SSSR count). The van der Waals surface area contributed by atoms with Crippen LogP contribution in [-0.4, -0.2) is 16.8 Å². The summed E-state index contributed by atoms with van der Waals surface area (Å²) in [6.45, 7) is 3.73. The van der Waals surface area contributed by atoms with E-state index in [-0.39, 0.29) is 11.8 Å². The second-order valence-corrected chi connectivity index (χ2v) is 8.36. The molecule has 154 valence electrons. The number of carbonyl (C=O) groups excluding carboxylic acids is 2. The van der Waals surface area contributed by atoms with Crippen molar-refractivity contribution in [2.45, 2.75) is 20.5 Å². The maximum Gasteiger partial charge on any atom is 0.248 e. The standard InChI is InChI=1S/C22H20BrN3O3S/c1-14(27)24-19-9-8-17(23)11-20(19)26-22(28)10-7-16-5-3-4-6-21(16)29-12-18-13-30-15(2)25-18/h3-11,13H,12H2,1-2H3,(H,24,27)(H,26,28). The topological polar surface area (TPSA) is 80.3 Å². The van der Waals surface area contributed by atoms with Crippen molar-refractivity contribution in [3.05, 3.63) is 74.7 Å². The third-order valence-electron chi connectivity index (χ3n) is 3.93. The highest BCUT2D eigenvalue weighted by Gasteiger charge is 2.08. The van der Waals surface area contributed by atoms with Crippen LogP contribution in [0, 0.1) is 6.92 Å². The number of carbonyl (C=O) groups is 2. The maximum absolute atomic E-state index is 12.5. The molecule has 0 radical (unpaired) electrons. The van der Waals surface area contributed by atoms with Gasteiger partial charge in [-0.3, -0.25) is 9.59 Å². The molecule has 0 atom stereocenters. The number of nitrogens with one attached hydrogen (secondary N) is 2. The maximum atomic E-state index is 12.5. The normalized spacial score (nSPS) is 10.8. The molecule has 0 unspecified atom stereocenters. The highest BCUT2D eigenvalue weighted by molar-refractivity contribution is 9.10. The molecule has 2 amide bonds. The Labute approximate surface area is 187 Å². The molecule has 0 spiro atoms. The van der Waals surface area contributed by atoms with Crippen molar-refractivity contribution in [3.63, 3.8) is 0 Å². The number of rotatable bonds is 7. The Hall–Kier alpha value is -2.97. The first-order valence-electron chi connectivity index (χ1n) is 9.10. The summed E-state index contributed by atoms with van der Waals surface area (Å²) >= 11 is 4.95. The van der Waals surface area contributed by atoms with E-state index >= 15 is 0 Å². The molecule has 1 aromatic heterocycles. The molecule has 2 aromatic carbocycles. The Morgan fingerprint density at radius 3 is 2.70 bits per heavy atom. The highest BCUT2D eigenvalue weighted by atomic mass is 79.9. The van der Waals surface area contributed by atoms with Crippen molar-refractivity contribution in [1.82, 2.24) is 4.98 Å². The molecule has 8 heteroatoms. The van der Waals surface area contributed by atoms with Gasteiger partial charge in [0, 0.05) is 28.4 Å². The lowest BCUT2D eigenvalue weighted by atomic mass is 10.2. The number of anilines is 2. The van der Waals surface area contributed by atoms with Crippen molar-refractivity contribution >= 4 is 56.5 Å². The minimum Gasteiger partial charge on any atom is -0.487 e. The van der Waals surface area contributed by atoms with Gasteiger partial charge in [-0.15, -0.1) is 11.3 Å². The lowest BCUT2D eigenvalue weighted by Crippen LogP contribution is -2.13. The molecular weight excluding hydrogens is 466 g/mol. The van der Waals surface area contributed by atoms with Crippen molar-refractivity contribution in [3.8, 4) is 5.75 Å². The molecule has 0 bridgehead atoms. The molecule has 0 aliphatic carbocycles. The van der Waals surface area contributed by atoms with Crippen molar-refractivity contribution in [2.24, 2.45) is 0 Å². The van der Waals surface area contributed by atoms with E-state index in [9.17, 15) is 9.59 Å². The number of aryl methyl sites for hydroxylation is 1. The van der Waals surface area contributed by atoms with Crippen LogP contribution in [0.4, 0.5) is 11.4 Å². The van der Waals surface area contributed by atoms with Crippen LogP contribution in [0.1, 0.15) is 23.2 Å². The Kier molecular flexibility index (Phi) is 7.37. The Bertz CT molecular complexity index is 1090. The zero-order chi connectivity index (χ0) is 21.5. The average molecular weight is 486 g/mol. The highest BCUT2D eigenvalue weighted by Crippen LogP contribution is 2.26. The molecule has 3 aromatic rings. The number of para-hydroxylation sites is 1. The first kappa shape index (κ1) is 21.7. The Morgan fingerprint density at radius 1 is 1.17 bits per heavy atom. The van der Waals surface area contributed by atoms with Crippen molar-refractivity contribution in [2.75, 3.05) is 10.6 Å². The zero-order valence-corrected chi connectivity index (χ0v) is 18.8. The van der Waals surface area contributed by atoms with E-state index in [1.165, 1.54) is 13.0 Å². The number of thiazole rings is 1. The monoisotopic (exact) mass is 485 g/mol. The molecule has 2 N–H and O–H groups in total.